The summed E-state index contributed by atoms with van der Waals surface area (Å²) in [6.07, 6.45) is 1.11. The van der Waals surface area contributed by atoms with Crippen molar-refractivity contribution < 1.29 is 13.6 Å². The van der Waals surface area contributed by atoms with Crippen LogP contribution in [0.3, 0.4) is 0 Å². The molecule has 0 saturated carbocycles. The highest BCUT2D eigenvalue weighted by molar-refractivity contribution is 7.43. The highest BCUT2D eigenvalue weighted by Crippen LogP contribution is 2.42. The second-order valence-corrected chi connectivity index (χ2v) is 9.97. The molecule has 1 atom stereocenters. The fourth-order valence-electron chi connectivity index (χ4n) is 3.11. The van der Waals surface area contributed by atoms with Crippen molar-refractivity contribution in [2.24, 2.45) is 0 Å². The molecular weight excluding hydrogens is 479 g/mol. The fraction of sp³-hybridized carbons (Fsp3) is 0.226. The number of para-hydroxylation sites is 2. The Morgan fingerprint density at radius 2 is 1.03 bits per heavy atom. The van der Waals surface area contributed by atoms with Gasteiger partial charge in [0, 0.05) is 6.04 Å². The minimum Gasteiger partial charge on any atom is -0.409 e. The number of hydrogen-bond acceptors (Lipinski definition) is 5. The maximum atomic E-state index is 5.96. The Bertz CT molecular complexity index is 1100. The first-order chi connectivity index (χ1) is 17.8. The van der Waals surface area contributed by atoms with E-state index in [1.807, 2.05) is 118 Å². The summed E-state index contributed by atoms with van der Waals surface area (Å²) in [5.41, 5.74) is 11.1. The topological polar surface area (TPSA) is 65.7 Å². The van der Waals surface area contributed by atoms with Crippen LogP contribution in [-0.2, 0) is 0 Å². The number of rotatable bonds is 9. The van der Waals surface area contributed by atoms with E-state index < -0.39 is 8.60 Å². The molecule has 0 fully saturated rings. The molecule has 3 N–H and O–H groups in total. The second kappa shape index (κ2) is 14.2. The molecule has 0 bridgehead atoms. The van der Waals surface area contributed by atoms with Crippen LogP contribution >= 0.6 is 8.60 Å². The van der Waals surface area contributed by atoms with Gasteiger partial charge in [0.1, 0.15) is 17.2 Å². The third-order valence-electron chi connectivity index (χ3n) is 5.58. The first-order valence-corrected chi connectivity index (χ1v) is 13.6. The van der Waals surface area contributed by atoms with Crippen LogP contribution in [0.5, 0.6) is 17.2 Å². The average molecular weight is 517 g/mol. The van der Waals surface area contributed by atoms with Gasteiger partial charge in [-0.3, -0.25) is 0 Å². The fourth-order valence-corrected chi connectivity index (χ4v) is 4.10. The molecule has 5 nitrogen and oxygen atoms in total. The van der Waals surface area contributed by atoms with Gasteiger partial charge >= 0.3 is 8.60 Å². The minimum absolute atomic E-state index is 0.481. The lowest BCUT2D eigenvalue weighted by Crippen LogP contribution is -2.14. The van der Waals surface area contributed by atoms with E-state index in [0.717, 1.165) is 35.0 Å². The summed E-state index contributed by atoms with van der Waals surface area (Å²) >= 11 is 0. The van der Waals surface area contributed by atoms with Crippen molar-refractivity contribution in [2.75, 3.05) is 11.1 Å². The summed E-state index contributed by atoms with van der Waals surface area (Å²) in [5, 5.41) is 3.33. The third-order valence-corrected chi connectivity index (χ3v) is 6.66. The first-order valence-electron chi connectivity index (χ1n) is 12.5. The molecule has 0 spiro atoms. The molecular formula is C31H37N2O3P. The number of hydrogen-bond donors (Lipinski definition) is 2. The smallest absolute Gasteiger partial charge is 0.409 e. The standard InChI is InChI=1S/C21H21O3P.C10H16N2/c1-16-4-10-19(11-5-16)22-25(23-20-12-6-17(2)7-13-20)24-21-14-8-18(3)9-15-21;1-3-8(2)12-10-7-5-4-6-9(10)11/h4-15H,1-3H3;4-8,12H,3,11H2,1-2H3. The van der Waals surface area contributed by atoms with Gasteiger partial charge in [-0.05, 0) is 82.6 Å². The van der Waals surface area contributed by atoms with Crippen molar-refractivity contribution in [2.45, 2.75) is 47.1 Å². The summed E-state index contributed by atoms with van der Waals surface area (Å²) in [7, 11) is -1.62. The maximum Gasteiger partial charge on any atom is 0.530 e. The van der Waals surface area contributed by atoms with Crippen LogP contribution in [0.2, 0.25) is 0 Å². The van der Waals surface area contributed by atoms with Gasteiger partial charge in [0.15, 0.2) is 0 Å². The zero-order valence-corrected chi connectivity index (χ0v) is 23.2. The first kappa shape index (κ1) is 27.9. The Kier molecular flexibility index (Phi) is 10.7. The van der Waals surface area contributed by atoms with Crippen molar-refractivity contribution in [3.63, 3.8) is 0 Å². The Balaban J connectivity index is 0.000000266. The number of benzene rings is 4. The lowest BCUT2D eigenvalue weighted by molar-refractivity contribution is 0.388. The number of nitrogen functional groups attached to an aromatic ring is 1. The SMILES string of the molecule is CCC(C)Nc1ccccc1N.Cc1ccc(OP(Oc2ccc(C)cc2)Oc2ccc(C)cc2)cc1. The highest BCUT2D eigenvalue weighted by atomic mass is 31.2. The van der Waals surface area contributed by atoms with E-state index in [2.05, 4.69) is 19.2 Å². The Hall–Kier alpha value is -3.69. The second-order valence-electron chi connectivity index (χ2n) is 8.98. The summed E-state index contributed by atoms with van der Waals surface area (Å²) in [5.74, 6) is 2.16. The van der Waals surface area contributed by atoms with Crippen LogP contribution in [0.1, 0.15) is 37.0 Å². The van der Waals surface area contributed by atoms with Crippen LogP contribution in [-0.4, -0.2) is 6.04 Å². The molecule has 194 valence electrons. The molecule has 4 aromatic carbocycles. The summed E-state index contributed by atoms with van der Waals surface area (Å²) in [4.78, 5) is 0. The van der Waals surface area contributed by atoms with Crippen LogP contribution in [0, 0.1) is 20.8 Å². The number of anilines is 2. The molecule has 0 aliphatic carbocycles. The summed E-state index contributed by atoms with van der Waals surface area (Å²) < 4.78 is 17.9. The van der Waals surface area contributed by atoms with E-state index in [0.29, 0.717) is 6.04 Å². The molecule has 0 aliphatic heterocycles. The van der Waals surface area contributed by atoms with Crippen molar-refractivity contribution in [3.8, 4) is 17.2 Å². The van der Waals surface area contributed by atoms with E-state index in [1.165, 1.54) is 16.7 Å². The van der Waals surface area contributed by atoms with Gasteiger partial charge in [-0.25, -0.2) is 0 Å². The molecule has 4 aromatic rings. The molecule has 0 radical (unpaired) electrons. The molecule has 0 aromatic heterocycles. The van der Waals surface area contributed by atoms with Crippen LogP contribution in [0.25, 0.3) is 0 Å². The minimum atomic E-state index is -1.62. The molecule has 4 rings (SSSR count). The van der Waals surface area contributed by atoms with Crippen LogP contribution in [0.15, 0.2) is 97.1 Å². The van der Waals surface area contributed by atoms with E-state index in [1.54, 1.807) is 0 Å². The van der Waals surface area contributed by atoms with Gasteiger partial charge in [0.05, 0.1) is 11.4 Å². The van der Waals surface area contributed by atoms with Gasteiger partial charge in [-0.15, -0.1) is 0 Å². The number of aryl methyl sites for hydroxylation is 3. The zero-order chi connectivity index (χ0) is 26.6. The highest BCUT2D eigenvalue weighted by Gasteiger charge is 2.19. The Labute approximate surface area is 222 Å². The van der Waals surface area contributed by atoms with Gasteiger partial charge in [0.25, 0.3) is 0 Å². The molecule has 0 heterocycles. The van der Waals surface area contributed by atoms with E-state index in [9.17, 15) is 0 Å². The summed E-state index contributed by atoms with van der Waals surface area (Å²) in [6, 6.07) is 31.8. The Morgan fingerprint density at radius 1 is 0.649 bits per heavy atom. The number of nitrogens with two attached hydrogens (primary N) is 1. The third kappa shape index (κ3) is 9.70. The van der Waals surface area contributed by atoms with Gasteiger partial charge in [-0.1, -0.05) is 72.1 Å². The Morgan fingerprint density at radius 3 is 1.38 bits per heavy atom. The normalized spacial score (nSPS) is 11.2. The van der Waals surface area contributed by atoms with E-state index >= 15 is 0 Å². The predicted octanol–water partition coefficient (Wildman–Crippen LogP) is 8.85. The molecule has 37 heavy (non-hydrogen) atoms. The van der Waals surface area contributed by atoms with Gasteiger partial charge in [0.2, 0.25) is 0 Å². The quantitative estimate of drug-likeness (QED) is 0.172. The van der Waals surface area contributed by atoms with Crippen molar-refractivity contribution in [3.05, 3.63) is 114 Å². The average Bonchev–Trinajstić information content (AvgIpc) is 2.90. The molecule has 0 amide bonds. The lowest BCUT2D eigenvalue weighted by Gasteiger charge is -2.18. The zero-order valence-electron chi connectivity index (χ0n) is 22.3. The van der Waals surface area contributed by atoms with E-state index in [4.69, 9.17) is 19.3 Å². The van der Waals surface area contributed by atoms with Gasteiger partial charge in [-0.2, -0.15) is 0 Å². The lowest BCUT2D eigenvalue weighted by atomic mass is 10.2. The molecule has 1 unspecified atom stereocenters. The van der Waals surface area contributed by atoms with Crippen LogP contribution < -0.4 is 24.6 Å². The molecule has 0 saturated heterocycles. The molecule has 0 aliphatic rings. The predicted molar refractivity (Wildman–Crippen MR) is 157 cm³/mol. The number of nitrogens with one attached hydrogen (secondary N) is 1. The maximum absolute atomic E-state index is 5.96. The molecule has 6 heteroatoms. The van der Waals surface area contributed by atoms with Crippen molar-refractivity contribution in [1.29, 1.82) is 0 Å². The monoisotopic (exact) mass is 516 g/mol. The van der Waals surface area contributed by atoms with Crippen molar-refractivity contribution >= 4 is 20.0 Å². The summed E-state index contributed by atoms with van der Waals surface area (Å²) in [6.45, 7) is 10.4. The largest absolute Gasteiger partial charge is 0.530 e. The van der Waals surface area contributed by atoms with Gasteiger partial charge < -0.3 is 24.6 Å². The van der Waals surface area contributed by atoms with Crippen molar-refractivity contribution in [1.82, 2.24) is 0 Å². The van der Waals surface area contributed by atoms with E-state index in [-0.39, 0.29) is 0 Å². The van der Waals surface area contributed by atoms with Crippen LogP contribution in [0.4, 0.5) is 11.4 Å².